The molecule has 5 nitrogen and oxygen atoms in total. The number of allylic oxidation sites excluding steroid dienone is 2. The summed E-state index contributed by atoms with van der Waals surface area (Å²) < 4.78 is 10.0. The van der Waals surface area contributed by atoms with Crippen LogP contribution in [0.2, 0.25) is 0 Å². The van der Waals surface area contributed by atoms with Crippen molar-refractivity contribution >= 4 is 17.7 Å². The van der Waals surface area contributed by atoms with Gasteiger partial charge in [0, 0.05) is 11.8 Å². The van der Waals surface area contributed by atoms with Crippen LogP contribution in [0.4, 0.5) is 0 Å². The van der Waals surface area contributed by atoms with Gasteiger partial charge in [0.1, 0.15) is 5.78 Å². The molecule has 0 aromatic carbocycles. The zero-order valence-electron chi connectivity index (χ0n) is 13.7. The van der Waals surface area contributed by atoms with Crippen molar-refractivity contribution in [3.63, 3.8) is 0 Å². The molecule has 0 aromatic heterocycles. The van der Waals surface area contributed by atoms with Crippen LogP contribution in [0.5, 0.6) is 0 Å². The van der Waals surface area contributed by atoms with Gasteiger partial charge in [0.2, 0.25) is 0 Å². The number of ketones is 1. The third kappa shape index (κ3) is 1.56. The van der Waals surface area contributed by atoms with Crippen LogP contribution in [0.25, 0.3) is 0 Å². The van der Waals surface area contributed by atoms with Gasteiger partial charge in [-0.05, 0) is 42.4 Å². The molecule has 4 rings (SSSR count). The number of carbonyl (C=O) groups excluding carboxylic acids is 3. The molecule has 0 aromatic rings. The van der Waals surface area contributed by atoms with Crippen LogP contribution in [-0.2, 0) is 23.9 Å². The molecule has 0 spiro atoms. The van der Waals surface area contributed by atoms with E-state index in [1.807, 2.05) is 6.92 Å². The number of hydrogen-bond donors (Lipinski definition) is 0. The zero-order valence-corrected chi connectivity index (χ0v) is 13.7. The van der Waals surface area contributed by atoms with E-state index in [1.54, 1.807) is 0 Å². The molecule has 3 fully saturated rings. The van der Waals surface area contributed by atoms with Crippen LogP contribution in [-0.4, -0.2) is 31.9 Å². The maximum atomic E-state index is 13.0. The zero-order chi connectivity index (χ0) is 16.5. The molecule has 0 heterocycles. The van der Waals surface area contributed by atoms with Crippen molar-refractivity contribution in [2.24, 2.45) is 46.8 Å². The molecule has 0 aliphatic heterocycles. The van der Waals surface area contributed by atoms with E-state index in [2.05, 4.69) is 12.2 Å². The van der Waals surface area contributed by atoms with Gasteiger partial charge >= 0.3 is 11.9 Å². The monoisotopic (exact) mass is 318 g/mol. The first-order valence-electron chi connectivity index (χ1n) is 8.36. The molecule has 2 bridgehead atoms. The average Bonchev–Trinajstić information content (AvgIpc) is 3.27. The van der Waals surface area contributed by atoms with Crippen molar-refractivity contribution in [3.05, 3.63) is 12.2 Å². The predicted molar refractivity (Wildman–Crippen MR) is 80.0 cm³/mol. The Morgan fingerprint density at radius 3 is 2.30 bits per heavy atom. The number of Topliss-reactive ketones (excluding diaryl/α,β-unsaturated/α-hetero) is 1. The summed E-state index contributed by atoms with van der Waals surface area (Å²) in [6, 6.07) is 0. The Balaban J connectivity index is 1.86. The van der Waals surface area contributed by atoms with Crippen LogP contribution < -0.4 is 0 Å². The van der Waals surface area contributed by atoms with Crippen molar-refractivity contribution < 1.29 is 23.9 Å². The molecule has 7 atom stereocenters. The molecule has 0 unspecified atom stereocenters. The van der Waals surface area contributed by atoms with Gasteiger partial charge in [0.05, 0.1) is 14.2 Å². The second-order valence-electron chi connectivity index (χ2n) is 7.64. The Morgan fingerprint density at radius 1 is 1.09 bits per heavy atom. The van der Waals surface area contributed by atoms with Crippen LogP contribution in [0, 0.1) is 46.8 Å². The highest BCUT2D eigenvalue weighted by Crippen LogP contribution is 2.68. The van der Waals surface area contributed by atoms with E-state index >= 15 is 0 Å². The fourth-order valence-corrected chi connectivity index (χ4v) is 6.32. The van der Waals surface area contributed by atoms with Crippen molar-refractivity contribution in [3.8, 4) is 0 Å². The summed E-state index contributed by atoms with van der Waals surface area (Å²) in [5.74, 6) is -0.723. The number of methoxy groups -OCH3 is 2. The first-order chi connectivity index (χ1) is 11.0. The molecular formula is C18H22O5. The highest BCUT2D eigenvalue weighted by Gasteiger charge is 2.74. The molecule has 5 heteroatoms. The molecule has 4 aliphatic carbocycles. The third-order valence-corrected chi connectivity index (χ3v) is 6.90. The Bertz CT molecular complexity index is 605. The van der Waals surface area contributed by atoms with Crippen LogP contribution in [0.1, 0.15) is 19.8 Å². The van der Waals surface area contributed by atoms with Crippen LogP contribution in [0.3, 0.4) is 0 Å². The van der Waals surface area contributed by atoms with Gasteiger partial charge in [-0.1, -0.05) is 19.1 Å². The van der Waals surface area contributed by atoms with E-state index < -0.39 is 17.4 Å². The van der Waals surface area contributed by atoms with E-state index in [0.717, 1.165) is 6.42 Å². The number of fused-ring (bicyclic) bond motifs is 7. The van der Waals surface area contributed by atoms with Crippen molar-refractivity contribution in [2.45, 2.75) is 19.8 Å². The molecule has 23 heavy (non-hydrogen) atoms. The molecule has 0 N–H and O–H groups in total. The highest BCUT2D eigenvalue weighted by molar-refractivity contribution is 6.03. The Kier molecular flexibility index (Phi) is 3.03. The van der Waals surface area contributed by atoms with E-state index in [9.17, 15) is 14.4 Å². The lowest BCUT2D eigenvalue weighted by molar-refractivity contribution is -0.174. The molecule has 124 valence electrons. The topological polar surface area (TPSA) is 69.7 Å². The SMILES string of the molecule is COC(=O)C1(C(=O)OC)C[C@@H](C)[C@H]2C(=O)[C@H]3[C@@H]([C@H]21)[C@H]1C=C[C@@H]3C1. The second-order valence-corrected chi connectivity index (χ2v) is 7.64. The number of ether oxygens (including phenoxy) is 2. The summed E-state index contributed by atoms with van der Waals surface area (Å²) in [4.78, 5) is 38.4. The van der Waals surface area contributed by atoms with E-state index in [0.29, 0.717) is 12.3 Å². The molecule has 0 radical (unpaired) electrons. The van der Waals surface area contributed by atoms with Crippen molar-refractivity contribution in [2.75, 3.05) is 14.2 Å². The van der Waals surface area contributed by atoms with Gasteiger partial charge in [-0.3, -0.25) is 14.4 Å². The van der Waals surface area contributed by atoms with Crippen molar-refractivity contribution in [1.29, 1.82) is 0 Å². The van der Waals surface area contributed by atoms with Gasteiger partial charge in [-0.2, -0.15) is 0 Å². The average molecular weight is 318 g/mol. The summed E-state index contributed by atoms with van der Waals surface area (Å²) in [7, 11) is 2.61. The second kappa shape index (κ2) is 4.68. The van der Waals surface area contributed by atoms with Crippen molar-refractivity contribution in [1.82, 2.24) is 0 Å². The standard InChI is InChI=1S/C18H22O5/c1-8-7-18(16(20)22-2,17(21)23-3)14-11(8)15(19)13-10-5-4-9(6-10)12(13)14/h4-5,8-14H,6-7H2,1-3H3/t8-,9+,10-,11-,12+,13-,14+/m1/s1. The first kappa shape index (κ1) is 14.9. The molecule has 3 saturated carbocycles. The molecular weight excluding hydrogens is 296 g/mol. The quantitative estimate of drug-likeness (QED) is 0.439. The molecule has 4 aliphatic rings. The minimum absolute atomic E-state index is 0.00398. The van der Waals surface area contributed by atoms with Gasteiger partial charge in [-0.15, -0.1) is 0 Å². The first-order valence-corrected chi connectivity index (χ1v) is 8.36. The van der Waals surface area contributed by atoms with Gasteiger partial charge in [0.25, 0.3) is 0 Å². The third-order valence-electron chi connectivity index (χ3n) is 6.90. The van der Waals surface area contributed by atoms with Gasteiger partial charge in [-0.25, -0.2) is 0 Å². The molecule has 0 amide bonds. The summed E-state index contributed by atoms with van der Waals surface area (Å²) >= 11 is 0. The van der Waals surface area contributed by atoms with E-state index in [4.69, 9.17) is 9.47 Å². The Morgan fingerprint density at radius 2 is 1.70 bits per heavy atom. The lowest BCUT2D eigenvalue weighted by Gasteiger charge is -2.35. The summed E-state index contributed by atoms with van der Waals surface area (Å²) in [6.45, 7) is 1.97. The summed E-state index contributed by atoms with van der Waals surface area (Å²) in [5, 5.41) is 0. The lowest BCUT2D eigenvalue weighted by Crippen LogP contribution is -2.47. The smallest absolute Gasteiger partial charge is 0.323 e. The molecule has 0 saturated heterocycles. The fourth-order valence-electron chi connectivity index (χ4n) is 6.32. The Labute approximate surface area is 135 Å². The number of hydrogen-bond acceptors (Lipinski definition) is 5. The maximum Gasteiger partial charge on any atom is 0.323 e. The number of carbonyl (C=O) groups is 3. The predicted octanol–water partition coefficient (Wildman–Crippen LogP) is 1.61. The fraction of sp³-hybridized carbons (Fsp3) is 0.722. The van der Waals surface area contributed by atoms with Gasteiger partial charge in [0.15, 0.2) is 5.41 Å². The minimum atomic E-state index is -1.32. The number of esters is 2. The lowest BCUT2D eigenvalue weighted by atomic mass is 9.67. The van der Waals surface area contributed by atoms with E-state index in [1.165, 1.54) is 14.2 Å². The largest absolute Gasteiger partial charge is 0.468 e. The van der Waals surface area contributed by atoms with E-state index in [-0.39, 0.29) is 41.3 Å². The van der Waals surface area contributed by atoms with Crippen LogP contribution >= 0.6 is 0 Å². The summed E-state index contributed by atoms with van der Waals surface area (Å²) in [5.41, 5.74) is -1.32. The maximum absolute atomic E-state index is 13.0. The minimum Gasteiger partial charge on any atom is -0.468 e. The highest BCUT2D eigenvalue weighted by atomic mass is 16.5. The summed E-state index contributed by atoms with van der Waals surface area (Å²) in [6.07, 6.45) is 5.63. The van der Waals surface area contributed by atoms with Crippen LogP contribution in [0.15, 0.2) is 12.2 Å². The normalized spacial score (nSPS) is 45.0. The van der Waals surface area contributed by atoms with Gasteiger partial charge < -0.3 is 9.47 Å². The number of rotatable bonds is 2. The Hall–Kier alpha value is -1.65.